The molecule has 7 N–H and O–H groups in total. The molecule has 10 nitrogen and oxygen atoms in total. The van der Waals surface area contributed by atoms with E-state index in [0.717, 1.165) is 32.1 Å². The van der Waals surface area contributed by atoms with Gasteiger partial charge in [-0.05, 0) is 117 Å². The van der Waals surface area contributed by atoms with Crippen LogP contribution in [0.5, 0.6) is 0 Å². The monoisotopic (exact) mass is 654 g/mol. The molecular weight excluding hydrogens is 592 g/mol. The van der Waals surface area contributed by atoms with Crippen LogP contribution in [0.3, 0.4) is 0 Å². The summed E-state index contributed by atoms with van der Waals surface area (Å²) in [5.41, 5.74) is -2.83. The molecule has 0 aromatic heterocycles. The average molecular weight is 655 g/mol. The molecule has 4 saturated carbocycles. The van der Waals surface area contributed by atoms with Crippen molar-refractivity contribution in [2.45, 2.75) is 173 Å². The van der Waals surface area contributed by atoms with Gasteiger partial charge in [0.1, 0.15) is 24.4 Å². The molecule has 1 unspecified atom stereocenters. The third-order valence-corrected chi connectivity index (χ3v) is 15.3. The van der Waals surface area contributed by atoms with Crippen molar-refractivity contribution in [3.05, 3.63) is 0 Å². The fourth-order valence-corrected chi connectivity index (χ4v) is 12.7. The van der Waals surface area contributed by atoms with E-state index in [4.69, 9.17) is 14.2 Å². The number of rotatable bonds is 5. The highest BCUT2D eigenvalue weighted by Gasteiger charge is 2.74. The van der Waals surface area contributed by atoms with Crippen molar-refractivity contribution in [1.82, 2.24) is 0 Å². The summed E-state index contributed by atoms with van der Waals surface area (Å²) in [5.74, 6) is 0.0944. The smallest absolute Gasteiger partial charge is 0.186 e. The lowest BCUT2D eigenvalue weighted by Gasteiger charge is -2.72. The summed E-state index contributed by atoms with van der Waals surface area (Å²) in [5, 5.41) is 76.4. The van der Waals surface area contributed by atoms with Crippen LogP contribution in [0.15, 0.2) is 0 Å². The Bertz CT molecular complexity index is 1140. The van der Waals surface area contributed by atoms with Crippen molar-refractivity contribution in [3.8, 4) is 0 Å². The van der Waals surface area contributed by atoms with Crippen LogP contribution < -0.4 is 0 Å². The number of hydrogen-bond donors (Lipinski definition) is 7. The Hall–Kier alpha value is -0.400. The predicted molar refractivity (Wildman–Crippen MR) is 169 cm³/mol. The van der Waals surface area contributed by atoms with Gasteiger partial charge in [-0.3, -0.25) is 0 Å². The van der Waals surface area contributed by atoms with Crippen LogP contribution in [0.4, 0.5) is 0 Å². The zero-order chi connectivity index (χ0) is 34.0. The van der Waals surface area contributed by atoms with Gasteiger partial charge in [0, 0.05) is 0 Å². The highest BCUT2D eigenvalue weighted by atomic mass is 16.7. The minimum atomic E-state index is -1.54. The van der Waals surface area contributed by atoms with Crippen LogP contribution >= 0.6 is 0 Å². The molecule has 6 aliphatic rings. The third-order valence-electron chi connectivity index (χ3n) is 15.3. The van der Waals surface area contributed by atoms with Crippen molar-refractivity contribution >= 4 is 0 Å². The van der Waals surface area contributed by atoms with Gasteiger partial charge in [-0.15, -0.1) is 0 Å². The van der Waals surface area contributed by atoms with Crippen LogP contribution in [0.25, 0.3) is 0 Å². The van der Waals surface area contributed by atoms with Crippen LogP contribution in [0.2, 0.25) is 0 Å². The molecule has 46 heavy (non-hydrogen) atoms. The summed E-state index contributed by atoms with van der Waals surface area (Å²) in [4.78, 5) is 0. The first-order valence-corrected chi connectivity index (χ1v) is 17.9. The zero-order valence-electron chi connectivity index (χ0n) is 29.2. The van der Waals surface area contributed by atoms with E-state index in [1.54, 1.807) is 13.8 Å². The topological polar surface area (TPSA) is 169 Å². The normalized spacial score (nSPS) is 57.1. The maximum absolute atomic E-state index is 12.2. The van der Waals surface area contributed by atoms with Crippen LogP contribution in [0.1, 0.15) is 107 Å². The minimum absolute atomic E-state index is 0.0189. The maximum atomic E-state index is 12.2. The van der Waals surface area contributed by atoms with Gasteiger partial charge in [-0.25, -0.2) is 0 Å². The quantitative estimate of drug-likeness (QED) is 0.219. The van der Waals surface area contributed by atoms with Crippen molar-refractivity contribution in [2.24, 2.45) is 45.3 Å². The molecule has 0 radical (unpaired) electrons. The highest BCUT2D eigenvalue weighted by Crippen LogP contribution is 2.76. The fraction of sp³-hybridized carbons (Fsp3) is 1.00. The van der Waals surface area contributed by atoms with Crippen molar-refractivity contribution in [1.29, 1.82) is 0 Å². The Morgan fingerprint density at radius 1 is 0.826 bits per heavy atom. The highest BCUT2D eigenvalue weighted by molar-refractivity contribution is 5.22. The van der Waals surface area contributed by atoms with E-state index in [2.05, 4.69) is 41.5 Å². The van der Waals surface area contributed by atoms with E-state index in [9.17, 15) is 35.7 Å². The van der Waals surface area contributed by atoms with Gasteiger partial charge in [-0.2, -0.15) is 0 Å². The number of aliphatic hydroxyl groups is 7. The first kappa shape index (κ1) is 35.4. The van der Waals surface area contributed by atoms with Gasteiger partial charge in [0.15, 0.2) is 6.29 Å². The average Bonchev–Trinajstić information content (AvgIpc) is 3.55. The van der Waals surface area contributed by atoms with E-state index in [0.29, 0.717) is 19.3 Å². The Morgan fingerprint density at radius 2 is 1.50 bits per heavy atom. The molecule has 0 amide bonds. The fourth-order valence-electron chi connectivity index (χ4n) is 12.7. The van der Waals surface area contributed by atoms with Gasteiger partial charge >= 0.3 is 0 Å². The van der Waals surface area contributed by atoms with E-state index < -0.39 is 72.2 Å². The summed E-state index contributed by atoms with van der Waals surface area (Å²) < 4.78 is 19.4. The van der Waals surface area contributed by atoms with Gasteiger partial charge in [0.2, 0.25) is 0 Å². The summed E-state index contributed by atoms with van der Waals surface area (Å²) in [6.07, 6.45) is -2.57. The second-order valence-electron chi connectivity index (χ2n) is 18.4. The molecule has 0 spiro atoms. The van der Waals surface area contributed by atoms with Crippen molar-refractivity contribution in [2.75, 3.05) is 6.61 Å². The van der Waals surface area contributed by atoms with Crippen LogP contribution in [0, 0.1) is 45.3 Å². The van der Waals surface area contributed by atoms with E-state index in [1.807, 2.05) is 0 Å². The molecule has 0 aromatic carbocycles. The lowest BCUT2D eigenvalue weighted by atomic mass is 9.34. The summed E-state index contributed by atoms with van der Waals surface area (Å²) in [6, 6.07) is 0. The number of ether oxygens (including phenoxy) is 3. The third kappa shape index (κ3) is 4.94. The minimum Gasteiger partial charge on any atom is -0.394 e. The van der Waals surface area contributed by atoms with Gasteiger partial charge in [0.05, 0.1) is 42.2 Å². The van der Waals surface area contributed by atoms with Gasteiger partial charge in [-0.1, -0.05) is 34.6 Å². The molecule has 6 rings (SSSR count). The van der Waals surface area contributed by atoms with E-state index in [1.165, 1.54) is 0 Å². The number of aliphatic hydroxyl groups excluding tert-OH is 6. The predicted octanol–water partition coefficient (Wildman–Crippen LogP) is 2.51. The number of fused-ring (bicyclic) bond motifs is 5. The van der Waals surface area contributed by atoms with Crippen molar-refractivity contribution in [3.63, 3.8) is 0 Å². The molecule has 17 atom stereocenters. The zero-order valence-corrected chi connectivity index (χ0v) is 29.2. The molecule has 2 aliphatic heterocycles. The molecule has 0 aromatic rings. The molecule has 2 heterocycles. The standard InChI is InChI=1S/C36H62O10/c1-31(2)23(39)10-12-33(5)22-15-19(38)25-18(36(8)14-11-24(46-36)32(3,4)43)9-13-34(25,6)35(22,7)16-20(29(31)33)44-30-28(42)27(41)26(40)21(17-37)45-30/h18-30,37-43H,9-17H2,1-8H3/t18-,19+,20-,21+,22+,23-,24-,25-,26+,27-,28+,29-,30+,33+,34+,35+,36?/m0/s1. The van der Waals surface area contributed by atoms with Gasteiger partial charge in [0.25, 0.3) is 0 Å². The lowest BCUT2D eigenvalue weighted by molar-refractivity contribution is -0.347. The summed E-state index contributed by atoms with van der Waals surface area (Å²) >= 11 is 0. The Kier molecular flexibility index (Phi) is 8.71. The van der Waals surface area contributed by atoms with E-state index in [-0.39, 0.29) is 46.0 Å². The SMILES string of the molecule is CC(C)(O)[C@@H]1CCC(C)([C@H]2CC[C@]3(C)[C@@H]2[C@H](O)C[C@@H]2[C@@]4(C)CC[C@H](O)C(C)(C)[C@@H]4[C@@H](O[C@@H]4O[C@H](CO)[C@@H](O)[C@H](O)[C@H]4O)C[C@]23C)O1. The second-order valence-corrected chi connectivity index (χ2v) is 18.4. The summed E-state index contributed by atoms with van der Waals surface area (Å²) in [6.45, 7) is 16.4. The summed E-state index contributed by atoms with van der Waals surface area (Å²) in [7, 11) is 0. The Morgan fingerprint density at radius 3 is 2.11 bits per heavy atom. The van der Waals surface area contributed by atoms with E-state index >= 15 is 0 Å². The largest absolute Gasteiger partial charge is 0.394 e. The van der Waals surface area contributed by atoms with Crippen LogP contribution in [-0.2, 0) is 14.2 Å². The first-order valence-electron chi connectivity index (χ1n) is 17.9. The molecule has 0 bridgehead atoms. The van der Waals surface area contributed by atoms with Gasteiger partial charge < -0.3 is 50.0 Å². The maximum Gasteiger partial charge on any atom is 0.186 e. The molecule has 10 heteroatoms. The molecule has 6 fully saturated rings. The Balaban J connectivity index is 1.38. The second kappa shape index (κ2) is 11.3. The molecule has 4 aliphatic carbocycles. The molecular formula is C36H62O10. The molecule has 2 saturated heterocycles. The first-order chi connectivity index (χ1) is 21.2. The molecule has 266 valence electrons. The number of hydrogen-bond acceptors (Lipinski definition) is 10. The lowest BCUT2D eigenvalue weighted by Crippen LogP contribution is -2.71. The van der Waals surface area contributed by atoms with Crippen LogP contribution in [-0.4, -0.2) is 109 Å². The van der Waals surface area contributed by atoms with Crippen molar-refractivity contribution < 1.29 is 50.0 Å². The Labute approximate surface area is 274 Å².